The van der Waals surface area contributed by atoms with Gasteiger partial charge >= 0.3 is 6.18 Å². The summed E-state index contributed by atoms with van der Waals surface area (Å²) < 4.78 is 43.2. The van der Waals surface area contributed by atoms with Gasteiger partial charge in [-0.1, -0.05) is 24.3 Å². The van der Waals surface area contributed by atoms with Crippen molar-refractivity contribution in [3.05, 3.63) is 71.3 Å². The summed E-state index contributed by atoms with van der Waals surface area (Å²) in [6.45, 7) is 2.57. The number of morpholine rings is 1. The molecule has 0 radical (unpaired) electrons. The first-order valence-electron chi connectivity index (χ1n) is 9.56. The van der Waals surface area contributed by atoms with Gasteiger partial charge in [0.05, 0.1) is 31.4 Å². The van der Waals surface area contributed by atoms with Crippen molar-refractivity contribution < 1.29 is 27.8 Å². The molecule has 1 fully saturated rings. The summed E-state index contributed by atoms with van der Waals surface area (Å²) in [4.78, 5) is 14.4. The van der Waals surface area contributed by atoms with Gasteiger partial charge in [-0.25, -0.2) is 0 Å². The molecule has 0 aromatic heterocycles. The lowest BCUT2D eigenvalue weighted by Gasteiger charge is -2.29. The monoisotopic (exact) mass is 420 g/mol. The van der Waals surface area contributed by atoms with Crippen molar-refractivity contribution in [1.82, 2.24) is 5.32 Å². The Hall–Kier alpha value is -2.84. The van der Waals surface area contributed by atoms with Gasteiger partial charge in [0.15, 0.2) is 0 Å². The molecule has 2 aromatic rings. The van der Waals surface area contributed by atoms with Crippen LogP contribution in [0.5, 0.6) is 0 Å². The molecule has 5 nitrogen and oxygen atoms in total. The molecule has 160 valence electrons. The number of aliphatic hydroxyl groups excluding tert-OH is 1. The van der Waals surface area contributed by atoms with Gasteiger partial charge in [-0.15, -0.1) is 0 Å². The van der Waals surface area contributed by atoms with Crippen LogP contribution in [0.4, 0.5) is 18.9 Å². The quantitative estimate of drug-likeness (QED) is 0.704. The minimum atomic E-state index is -4.40. The summed E-state index contributed by atoms with van der Waals surface area (Å²) in [5, 5.41) is 12.5. The van der Waals surface area contributed by atoms with Crippen LogP contribution >= 0.6 is 0 Å². The van der Waals surface area contributed by atoms with E-state index in [1.54, 1.807) is 0 Å². The highest BCUT2D eigenvalue weighted by molar-refractivity contribution is 5.92. The van der Waals surface area contributed by atoms with Gasteiger partial charge < -0.3 is 20.1 Å². The van der Waals surface area contributed by atoms with Crippen LogP contribution in [0.2, 0.25) is 0 Å². The van der Waals surface area contributed by atoms with Crippen molar-refractivity contribution in [2.24, 2.45) is 0 Å². The molecule has 8 heteroatoms. The van der Waals surface area contributed by atoms with Crippen LogP contribution in [0, 0.1) is 0 Å². The van der Waals surface area contributed by atoms with Crippen LogP contribution < -0.4 is 10.2 Å². The molecule has 0 saturated carbocycles. The molecule has 2 aromatic carbocycles. The van der Waals surface area contributed by atoms with Crippen LogP contribution in [-0.2, 0) is 15.7 Å². The number of benzene rings is 2. The van der Waals surface area contributed by atoms with Gasteiger partial charge in [-0.3, -0.25) is 4.79 Å². The van der Waals surface area contributed by atoms with Gasteiger partial charge in [0, 0.05) is 24.9 Å². The van der Waals surface area contributed by atoms with E-state index in [2.05, 4.69) is 10.2 Å². The van der Waals surface area contributed by atoms with E-state index in [0.717, 1.165) is 36.5 Å². The molecule has 0 unspecified atom stereocenters. The Kier molecular flexibility index (Phi) is 7.12. The van der Waals surface area contributed by atoms with Crippen LogP contribution in [0.25, 0.3) is 6.08 Å². The van der Waals surface area contributed by atoms with Crippen molar-refractivity contribution in [2.45, 2.75) is 12.2 Å². The van der Waals surface area contributed by atoms with Crippen molar-refractivity contribution in [3.8, 4) is 0 Å². The third kappa shape index (κ3) is 5.84. The third-order valence-electron chi connectivity index (χ3n) is 4.81. The molecule has 1 amide bonds. The summed E-state index contributed by atoms with van der Waals surface area (Å²) in [7, 11) is 0. The first kappa shape index (κ1) is 21.9. The molecule has 1 aliphatic heterocycles. The Morgan fingerprint density at radius 2 is 1.87 bits per heavy atom. The molecular formula is C22H23F3N2O3. The molecule has 0 aliphatic carbocycles. The Labute approximate surface area is 172 Å². The van der Waals surface area contributed by atoms with E-state index in [9.17, 15) is 23.1 Å². The Morgan fingerprint density at radius 1 is 1.17 bits per heavy atom. The lowest BCUT2D eigenvalue weighted by Crippen LogP contribution is -2.36. The fourth-order valence-corrected chi connectivity index (χ4v) is 3.17. The van der Waals surface area contributed by atoms with Gasteiger partial charge in [-0.2, -0.15) is 13.2 Å². The van der Waals surface area contributed by atoms with E-state index < -0.39 is 23.7 Å². The van der Waals surface area contributed by atoms with Gasteiger partial charge in [0.25, 0.3) is 0 Å². The number of aliphatic hydroxyl groups is 1. The average molecular weight is 420 g/mol. The van der Waals surface area contributed by atoms with Crippen LogP contribution in [0.1, 0.15) is 22.7 Å². The lowest BCUT2D eigenvalue weighted by molar-refractivity contribution is -0.137. The van der Waals surface area contributed by atoms with Crippen molar-refractivity contribution in [2.75, 3.05) is 37.8 Å². The van der Waals surface area contributed by atoms with E-state index in [-0.39, 0.29) is 6.61 Å². The second-order valence-electron chi connectivity index (χ2n) is 6.89. The van der Waals surface area contributed by atoms with Crippen LogP contribution in [0.15, 0.2) is 54.6 Å². The second kappa shape index (κ2) is 9.77. The summed E-state index contributed by atoms with van der Waals surface area (Å²) in [5.41, 5.74) is 1.47. The fourth-order valence-electron chi connectivity index (χ4n) is 3.17. The van der Waals surface area contributed by atoms with E-state index in [1.165, 1.54) is 24.3 Å². The molecule has 2 N–H and O–H groups in total. The highest BCUT2D eigenvalue weighted by Gasteiger charge is 2.29. The summed E-state index contributed by atoms with van der Waals surface area (Å²) in [6, 6.07) is 11.5. The number of nitrogens with zero attached hydrogens (tertiary/aromatic N) is 1. The molecule has 1 saturated heterocycles. The third-order valence-corrected chi connectivity index (χ3v) is 4.81. The number of carbonyl (C=O) groups is 1. The standard InChI is InChI=1S/C22H23F3N2O3/c23-22(24,25)18-7-4-16(5-8-18)6-9-21(29)26-20(15-28)17-2-1-3-19(14-17)27-10-12-30-13-11-27/h1-9,14,20,28H,10-13,15H2,(H,26,29)/b9-6+/t20-/m1/s1. The minimum Gasteiger partial charge on any atom is -0.394 e. The Morgan fingerprint density at radius 3 is 2.50 bits per heavy atom. The second-order valence-corrected chi connectivity index (χ2v) is 6.89. The van der Waals surface area contributed by atoms with Crippen molar-refractivity contribution in [1.29, 1.82) is 0 Å². The normalized spacial score (nSPS) is 15.9. The number of anilines is 1. The molecule has 30 heavy (non-hydrogen) atoms. The Balaban J connectivity index is 1.64. The molecule has 0 bridgehead atoms. The zero-order valence-electron chi connectivity index (χ0n) is 16.2. The lowest BCUT2D eigenvalue weighted by atomic mass is 10.1. The summed E-state index contributed by atoms with van der Waals surface area (Å²) in [5.74, 6) is -0.453. The fraction of sp³-hybridized carbons (Fsp3) is 0.318. The largest absolute Gasteiger partial charge is 0.416 e. The molecule has 1 aliphatic rings. The maximum atomic E-state index is 12.6. The number of hydrogen-bond acceptors (Lipinski definition) is 4. The number of carbonyl (C=O) groups excluding carboxylic acids is 1. The Bertz CT molecular complexity index is 876. The zero-order chi connectivity index (χ0) is 21.6. The number of nitrogens with one attached hydrogen (secondary N) is 1. The molecule has 0 spiro atoms. The summed E-state index contributed by atoms with van der Waals surface area (Å²) >= 11 is 0. The number of ether oxygens (including phenoxy) is 1. The number of hydrogen-bond donors (Lipinski definition) is 2. The van der Waals surface area contributed by atoms with Crippen molar-refractivity contribution in [3.63, 3.8) is 0 Å². The molecule has 3 rings (SSSR count). The maximum Gasteiger partial charge on any atom is 0.416 e. The number of halogens is 3. The van der Waals surface area contributed by atoms with Crippen LogP contribution in [0.3, 0.4) is 0 Å². The number of alkyl halides is 3. The van der Waals surface area contributed by atoms with Crippen molar-refractivity contribution >= 4 is 17.7 Å². The van der Waals surface area contributed by atoms with Gasteiger partial charge in [-0.05, 0) is 41.5 Å². The minimum absolute atomic E-state index is 0.285. The van der Waals surface area contributed by atoms with E-state index in [1.807, 2.05) is 24.3 Å². The summed E-state index contributed by atoms with van der Waals surface area (Å²) in [6.07, 6.45) is -1.74. The molecular weight excluding hydrogens is 397 g/mol. The van der Waals surface area contributed by atoms with E-state index in [4.69, 9.17) is 4.74 Å². The topological polar surface area (TPSA) is 61.8 Å². The first-order chi connectivity index (χ1) is 14.4. The first-order valence-corrected chi connectivity index (χ1v) is 9.56. The maximum absolute atomic E-state index is 12.6. The van der Waals surface area contributed by atoms with Gasteiger partial charge in [0.2, 0.25) is 5.91 Å². The predicted octanol–water partition coefficient (Wildman–Crippen LogP) is 3.41. The predicted molar refractivity (Wildman–Crippen MR) is 108 cm³/mol. The SMILES string of the molecule is O=C(/C=C/c1ccc(C(F)(F)F)cc1)N[C@H](CO)c1cccc(N2CCOCC2)c1. The number of amides is 1. The zero-order valence-corrected chi connectivity index (χ0v) is 16.2. The highest BCUT2D eigenvalue weighted by Crippen LogP contribution is 2.29. The van der Waals surface area contributed by atoms with Gasteiger partial charge in [0.1, 0.15) is 0 Å². The van der Waals surface area contributed by atoms with E-state index >= 15 is 0 Å². The molecule has 1 heterocycles. The average Bonchev–Trinajstić information content (AvgIpc) is 2.76. The highest BCUT2D eigenvalue weighted by atomic mass is 19.4. The van der Waals surface area contributed by atoms with E-state index in [0.29, 0.717) is 18.8 Å². The smallest absolute Gasteiger partial charge is 0.394 e. The molecule has 1 atom stereocenters. The van der Waals surface area contributed by atoms with Crippen LogP contribution in [-0.4, -0.2) is 43.9 Å². The number of rotatable bonds is 6.